The number of hydrogen-bond donors (Lipinski definition) is 0. The first kappa shape index (κ1) is 20.6. The predicted octanol–water partition coefficient (Wildman–Crippen LogP) is 5.12. The lowest BCUT2D eigenvalue weighted by Gasteiger charge is -2.09. The molecule has 0 aliphatic rings. The van der Waals surface area contributed by atoms with E-state index < -0.39 is 5.97 Å². The normalized spacial score (nSPS) is 11.2. The molecular formula is C23H20N2O5S. The largest absolute Gasteiger partial charge is 0.493 e. The van der Waals surface area contributed by atoms with E-state index >= 15 is 0 Å². The molecule has 0 saturated heterocycles. The Kier molecular flexibility index (Phi) is 6.28. The third kappa shape index (κ3) is 4.92. The number of fused-ring (bicyclic) bond motifs is 1. The van der Waals surface area contributed by atoms with Gasteiger partial charge in [-0.1, -0.05) is 12.1 Å². The van der Waals surface area contributed by atoms with Crippen LogP contribution in [0, 0.1) is 0 Å². The van der Waals surface area contributed by atoms with Gasteiger partial charge >= 0.3 is 5.97 Å². The molecule has 8 heteroatoms. The number of oxazole rings is 1. The number of hydrogen-bond acceptors (Lipinski definition) is 8. The van der Waals surface area contributed by atoms with Gasteiger partial charge in [0.1, 0.15) is 17.1 Å². The first-order chi connectivity index (χ1) is 15.2. The van der Waals surface area contributed by atoms with Crippen molar-refractivity contribution >= 4 is 34.5 Å². The lowest BCUT2D eigenvalue weighted by molar-refractivity contribution is -0.139. The highest BCUT2D eigenvalue weighted by Gasteiger charge is 2.11. The summed E-state index contributed by atoms with van der Waals surface area (Å²) in [6.07, 6.45) is 2.77. The number of carbonyl (C=O) groups excluding carboxylic acids is 1. The molecule has 0 aliphatic carbocycles. The van der Waals surface area contributed by atoms with E-state index in [1.54, 1.807) is 7.11 Å². The van der Waals surface area contributed by atoms with E-state index in [0.29, 0.717) is 35.3 Å². The van der Waals surface area contributed by atoms with Crippen molar-refractivity contribution in [2.45, 2.75) is 13.5 Å². The van der Waals surface area contributed by atoms with E-state index in [2.05, 4.69) is 9.97 Å². The Labute approximate surface area is 182 Å². The molecule has 0 atom stereocenters. The van der Waals surface area contributed by atoms with E-state index in [-0.39, 0.29) is 6.61 Å². The summed E-state index contributed by atoms with van der Waals surface area (Å²) in [4.78, 5) is 20.9. The number of methoxy groups -OCH3 is 1. The highest BCUT2D eigenvalue weighted by Crippen LogP contribution is 2.33. The summed E-state index contributed by atoms with van der Waals surface area (Å²) in [5.41, 5.74) is 2.96. The number of thiazole rings is 1. The van der Waals surface area contributed by atoms with Gasteiger partial charge in [-0.05, 0) is 37.3 Å². The summed E-state index contributed by atoms with van der Waals surface area (Å²) in [6.45, 7) is 2.55. The van der Waals surface area contributed by atoms with E-state index in [1.807, 2.05) is 54.8 Å². The lowest BCUT2D eigenvalue weighted by Crippen LogP contribution is -2.01. The maximum atomic E-state index is 12.0. The van der Waals surface area contributed by atoms with Crippen LogP contribution in [-0.2, 0) is 16.1 Å². The number of nitrogens with zero attached hydrogens (tertiary/aromatic N) is 2. The van der Waals surface area contributed by atoms with Gasteiger partial charge in [-0.15, -0.1) is 11.3 Å². The Morgan fingerprint density at radius 3 is 2.84 bits per heavy atom. The zero-order valence-electron chi connectivity index (χ0n) is 17.0. The van der Waals surface area contributed by atoms with Crippen LogP contribution in [0.5, 0.6) is 11.5 Å². The van der Waals surface area contributed by atoms with Crippen molar-refractivity contribution in [1.82, 2.24) is 9.97 Å². The third-order valence-electron chi connectivity index (χ3n) is 4.30. The minimum absolute atomic E-state index is 0.0708. The van der Waals surface area contributed by atoms with Crippen LogP contribution in [0.2, 0.25) is 0 Å². The van der Waals surface area contributed by atoms with Crippen molar-refractivity contribution in [2.24, 2.45) is 0 Å². The fraction of sp³-hybridized carbons (Fsp3) is 0.174. The molecular weight excluding hydrogens is 416 g/mol. The molecule has 4 aromatic rings. The summed E-state index contributed by atoms with van der Waals surface area (Å²) in [5.74, 6) is 1.18. The fourth-order valence-corrected chi connectivity index (χ4v) is 3.68. The average molecular weight is 436 g/mol. The van der Waals surface area contributed by atoms with Crippen LogP contribution in [0.15, 0.2) is 58.3 Å². The maximum absolute atomic E-state index is 12.0. The number of carbonyl (C=O) groups is 1. The van der Waals surface area contributed by atoms with Gasteiger partial charge < -0.3 is 18.6 Å². The molecule has 7 nitrogen and oxygen atoms in total. The number of benzene rings is 2. The van der Waals surface area contributed by atoms with E-state index in [1.165, 1.54) is 23.5 Å². The summed E-state index contributed by atoms with van der Waals surface area (Å²) in [7, 11) is 1.60. The van der Waals surface area contributed by atoms with Gasteiger partial charge in [0, 0.05) is 23.1 Å². The molecule has 2 heterocycles. The molecule has 0 saturated carbocycles. The first-order valence-corrected chi connectivity index (χ1v) is 10.5. The standard InChI is InChI=1S/C23H20N2O5S/c1-3-28-19-9-8-15(12-20(19)27-2)23-24-16(14-31-23)13-29-22(26)11-10-21-25-17-6-4-5-7-18(17)30-21/h4-12,14H,3,13H2,1-2H3/b11-10+. The van der Waals surface area contributed by atoms with E-state index in [9.17, 15) is 4.79 Å². The molecule has 0 bridgehead atoms. The van der Waals surface area contributed by atoms with Crippen molar-refractivity contribution < 1.29 is 23.4 Å². The summed E-state index contributed by atoms with van der Waals surface area (Å²) in [5, 5.41) is 2.66. The summed E-state index contributed by atoms with van der Waals surface area (Å²) < 4.78 is 21.7. The average Bonchev–Trinajstić information content (AvgIpc) is 3.43. The molecule has 0 radical (unpaired) electrons. The summed E-state index contributed by atoms with van der Waals surface area (Å²) >= 11 is 1.46. The second kappa shape index (κ2) is 9.44. The maximum Gasteiger partial charge on any atom is 0.331 e. The minimum atomic E-state index is -0.500. The first-order valence-electron chi connectivity index (χ1n) is 9.62. The monoisotopic (exact) mass is 436 g/mol. The van der Waals surface area contributed by atoms with Gasteiger partial charge in [0.2, 0.25) is 5.89 Å². The Balaban J connectivity index is 1.37. The Bertz CT molecular complexity index is 1190. The molecule has 31 heavy (non-hydrogen) atoms. The summed E-state index contributed by atoms with van der Waals surface area (Å²) in [6, 6.07) is 13.1. The predicted molar refractivity (Wildman–Crippen MR) is 118 cm³/mol. The number of aromatic nitrogens is 2. The van der Waals surface area contributed by atoms with Gasteiger partial charge in [-0.2, -0.15) is 0 Å². The molecule has 2 aromatic heterocycles. The van der Waals surface area contributed by atoms with Crippen molar-refractivity contribution in [3.05, 3.63) is 65.5 Å². The Hall–Kier alpha value is -3.65. The van der Waals surface area contributed by atoms with Crippen LogP contribution >= 0.6 is 11.3 Å². The van der Waals surface area contributed by atoms with Crippen molar-refractivity contribution in [3.8, 4) is 22.1 Å². The number of esters is 1. The fourth-order valence-electron chi connectivity index (χ4n) is 2.88. The van der Waals surface area contributed by atoms with Crippen LogP contribution in [0.1, 0.15) is 18.5 Å². The quantitative estimate of drug-likeness (QED) is 0.280. The third-order valence-corrected chi connectivity index (χ3v) is 5.24. The molecule has 0 amide bonds. The molecule has 0 spiro atoms. The van der Waals surface area contributed by atoms with E-state index in [4.69, 9.17) is 18.6 Å². The van der Waals surface area contributed by atoms with Crippen molar-refractivity contribution in [2.75, 3.05) is 13.7 Å². The van der Waals surface area contributed by atoms with Crippen molar-refractivity contribution in [1.29, 1.82) is 0 Å². The number of rotatable bonds is 8. The Morgan fingerprint density at radius 2 is 2.03 bits per heavy atom. The molecule has 0 aliphatic heterocycles. The van der Waals surface area contributed by atoms with Crippen LogP contribution in [0.25, 0.3) is 27.7 Å². The van der Waals surface area contributed by atoms with Gasteiger partial charge in [0.15, 0.2) is 17.1 Å². The Morgan fingerprint density at radius 1 is 1.16 bits per heavy atom. The molecule has 158 valence electrons. The molecule has 4 rings (SSSR count). The zero-order valence-corrected chi connectivity index (χ0v) is 17.8. The van der Waals surface area contributed by atoms with Gasteiger partial charge in [-0.3, -0.25) is 0 Å². The molecule has 2 aromatic carbocycles. The second-order valence-electron chi connectivity index (χ2n) is 6.40. The molecule has 0 fully saturated rings. The van der Waals surface area contributed by atoms with Gasteiger partial charge in [0.05, 0.1) is 19.4 Å². The van der Waals surface area contributed by atoms with Gasteiger partial charge in [-0.25, -0.2) is 14.8 Å². The lowest BCUT2D eigenvalue weighted by atomic mass is 10.2. The SMILES string of the molecule is CCOc1ccc(-c2nc(COC(=O)/C=C/c3nc4ccccc4o3)cs2)cc1OC. The second-order valence-corrected chi connectivity index (χ2v) is 7.26. The van der Waals surface area contributed by atoms with Crippen molar-refractivity contribution in [3.63, 3.8) is 0 Å². The number of ether oxygens (including phenoxy) is 3. The molecule has 0 N–H and O–H groups in total. The van der Waals surface area contributed by atoms with Crippen LogP contribution in [0.4, 0.5) is 0 Å². The van der Waals surface area contributed by atoms with Crippen LogP contribution < -0.4 is 9.47 Å². The van der Waals surface area contributed by atoms with Gasteiger partial charge in [0.25, 0.3) is 0 Å². The highest BCUT2D eigenvalue weighted by atomic mass is 32.1. The smallest absolute Gasteiger partial charge is 0.331 e. The van der Waals surface area contributed by atoms with Crippen LogP contribution in [-0.4, -0.2) is 29.7 Å². The van der Waals surface area contributed by atoms with E-state index in [0.717, 1.165) is 16.1 Å². The number of para-hydroxylation sites is 2. The highest BCUT2D eigenvalue weighted by molar-refractivity contribution is 7.13. The molecule has 0 unspecified atom stereocenters. The van der Waals surface area contributed by atoms with Crippen LogP contribution in [0.3, 0.4) is 0 Å². The topological polar surface area (TPSA) is 83.7 Å². The minimum Gasteiger partial charge on any atom is -0.493 e. The zero-order chi connectivity index (χ0) is 21.6.